The fourth-order valence-corrected chi connectivity index (χ4v) is 2.42. The number of ether oxygens (including phenoxy) is 1. The minimum Gasteiger partial charge on any atom is -0.465 e. The number of methoxy groups -OCH3 is 1. The van der Waals surface area contributed by atoms with E-state index >= 15 is 0 Å². The standard InChI is InChI=1S/C13H20N4O2/c1-9-8-16(2)4-5-17(9)12-11(13(18)19-3)6-10(14)7-15-12/h6-7,9H,4-5,8,14H2,1-3H3. The van der Waals surface area contributed by atoms with Crippen LogP contribution in [0.25, 0.3) is 0 Å². The summed E-state index contributed by atoms with van der Waals surface area (Å²) >= 11 is 0. The van der Waals surface area contributed by atoms with E-state index in [4.69, 9.17) is 10.5 Å². The number of carbonyl (C=O) groups is 1. The number of hydrogen-bond acceptors (Lipinski definition) is 6. The Balaban J connectivity index is 2.36. The van der Waals surface area contributed by atoms with Crippen LogP contribution >= 0.6 is 0 Å². The molecule has 2 heterocycles. The Hall–Kier alpha value is -1.82. The molecule has 6 heteroatoms. The van der Waals surface area contributed by atoms with E-state index in [1.165, 1.54) is 7.11 Å². The lowest BCUT2D eigenvalue weighted by molar-refractivity contribution is 0.0600. The van der Waals surface area contributed by atoms with Crippen LogP contribution in [0.3, 0.4) is 0 Å². The van der Waals surface area contributed by atoms with Crippen molar-refractivity contribution >= 4 is 17.5 Å². The first-order chi connectivity index (χ1) is 9.02. The molecule has 1 aliphatic rings. The topological polar surface area (TPSA) is 71.7 Å². The molecule has 0 amide bonds. The summed E-state index contributed by atoms with van der Waals surface area (Å²) in [5.41, 5.74) is 6.60. The third-order valence-electron chi connectivity index (χ3n) is 3.40. The summed E-state index contributed by atoms with van der Waals surface area (Å²) in [6, 6.07) is 1.91. The minimum absolute atomic E-state index is 0.290. The molecule has 1 aliphatic heterocycles. The van der Waals surface area contributed by atoms with Crippen molar-refractivity contribution in [2.45, 2.75) is 13.0 Å². The number of pyridine rings is 1. The summed E-state index contributed by atoms with van der Waals surface area (Å²) in [6.07, 6.45) is 1.58. The third-order valence-corrected chi connectivity index (χ3v) is 3.40. The van der Waals surface area contributed by atoms with E-state index in [0.29, 0.717) is 23.1 Å². The Kier molecular flexibility index (Phi) is 3.90. The van der Waals surface area contributed by atoms with Crippen molar-refractivity contribution < 1.29 is 9.53 Å². The number of hydrogen-bond donors (Lipinski definition) is 1. The largest absolute Gasteiger partial charge is 0.465 e. The van der Waals surface area contributed by atoms with Crippen LogP contribution in [0, 0.1) is 0 Å². The number of aromatic nitrogens is 1. The van der Waals surface area contributed by atoms with Gasteiger partial charge in [0.05, 0.1) is 19.0 Å². The maximum absolute atomic E-state index is 11.8. The molecule has 2 rings (SSSR count). The van der Waals surface area contributed by atoms with Gasteiger partial charge in [0.25, 0.3) is 0 Å². The molecular formula is C13H20N4O2. The van der Waals surface area contributed by atoms with Gasteiger partial charge >= 0.3 is 5.97 Å². The molecule has 104 valence electrons. The Morgan fingerprint density at radius 2 is 2.26 bits per heavy atom. The van der Waals surface area contributed by atoms with Crippen molar-refractivity contribution in [3.63, 3.8) is 0 Å². The Labute approximate surface area is 113 Å². The van der Waals surface area contributed by atoms with Crippen LogP contribution in [0.1, 0.15) is 17.3 Å². The quantitative estimate of drug-likeness (QED) is 0.788. The lowest BCUT2D eigenvalue weighted by Gasteiger charge is -2.39. The SMILES string of the molecule is COC(=O)c1cc(N)cnc1N1CCN(C)CC1C. The Bertz CT molecular complexity index is 478. The molecule has 0 aromatic carbocycles. The van der Waals surface area contributed by atoms with Crippen molar-refractivity contribution in [2.75, 3.05) is 44.4 Å². The molecule has 0 saturated carbocycles. The molecule has 6 nitrogen and oxygen atoms in total. The van der Waals surface area contributed by atoms with Crippen LogP contribution < -0.4 is 10.6 Å². The number of carbonyl (C=O) groups excluding carboxylic acids is 1. The molecule has 0 spiro atoms. The van der Waals surface area contributed by atoms with Gasteiger partial charge in [0.1, 0.15) is 11.4 Å². The average Bonchev–Trinajstić information content (AvgIpc) is 2.38. The monoisotopic (exact) mass is 264 g/mol. The van der Waals surface area contributed by atoms with Gasteiger partial charge in [0.2, 0.25) is 0 Å². The van der Waals surface area contributed by atoms with Gasteiger partial charge in [-0.15, -0.1) is 0 Å². The zero-order valence-electron chi connectivity index (χ0n) is 11.6. The number of esters is 1. The third kappa shape index (κ3) is 2.78. The van der Waals surface area contributed by atoms with Crippen LogP contribution in [-0.4, -0.2) is 55.7 Å². The molecule has 0 bridgehead atoms. The van der Waals surface area contributed by atoms with Crippen molar-refractivity contribution in [1.82, 2.24) is 9.88 Å². The normalized spacial score (nSPS) is 20.4. The van der Waals surface area contributed by atoms with Gasteiger partial charge in [-0.05, 0) is 20.0 Å². The van der Waals surface area contributed by atoms with E-state index in [1.54, 1.807) is 12.3 Å². The van der Waals surface area contributed by atoms with Gasteiger partial charge in [-0.3, -0.25) is 0 Å². The van der Waals surface area contributed by atoms with Crippen molar-refractivity contribution in [3.8, 4) is 0 Å². The molecule has 1 aromatic heterocycles. The van der Waals surface area contributed by atoms with Gasteiger partial charge < -0.3 is 20.3 Å². The number of nitrogen functional groups attached to an aromatic ring is 1. The van der Waals surface area contributed by atoms with Gasteiger partial charge in [0.15, 0.2) is 0 Å². The smallest absolute Gasteiger partial charge is 0.341 e. The molecule has 19 heavy (non-hydrogen) atoms. The molecule has 0 radical (unpaired) electrons. The van der Waals surface area contributed by atoms with E-state index in [0.717, 1.165) is 19.6 Å². The molecular weight excluding hydrogens is 244 g/mol. The van der Waals surface area contributed by atoms with Crippen LogP contribution in [0.5, 0.6) is 0 Å². The van der Waals surface area contributed by atoms with E-state index < -0.39 is 5.97 Å². The maximum Gasteiger partial charge on any atom is 0.341 e. The highest BCUT2D eigenvalue weighted by atomic mass is 16.5. The van der Waals surface area contributed by atoms with Crippen molar-refractivity contribution in [3.05, 3.63) is 17.8 Å². The van der Waals surface area contributed by atoms with Crippen LogP contribution in [0.4, 0.5) is 11.5 Å². The van der Waals surface area contributed by atoms with E-state index in [2.05, 4.69) is 28.8 Å². The number of rotatable bonds is 2. The fraction of sp³-hybridized carbons (Fsp3) is 0.538. The first-order valence-electron chi connectivity index (χ1n) is 6.32. The summed E-state index contributed by atoms with van der Waals surface area (Å²) in [6.45, 7) is 4.83. The van der Waals surface area contributed by atoms with E-state index in [1.807, 2.05) is 0 Å². The van der Waals surface area contributed by atoms with E-state index in [9.17, 15) is 4.79 Å². The Morgan fingerprint density at radius 3 is 2.89 bits per heavy atom. The van der Waals surface area contributed by atoms with Gasteiger partial charge in [-0.2, -0.15) is 0 Å². The van der Waals surface area contributed by atoms with E-state index in [-0.39, 0.29) is 0 Å². The van der Waals surface area contributed by atoms with Crippen LogP contribution in [0.2, 0.25) is 0 Å². The number of piperazine rings is 1. The summed E-state index contributed by atoms with van der Waals surface area (Å²) < 4.78 is 4.81. The lowest BCUT2D eigenvalue weighted by Crippen LogP contribution is -2.51. The summed E-state index contributed by atoms with van der Waals surface area (Å²) in [7, 11) is 3.45. The van der Waals surface area contributed by atoms with Crippen molar-refractivity contribution in [2.24, 2.45) is 0 Å². The predicted molar refractivity (Wildman–Crippen MR) is 74.3 cm³/mol. The lowest BCUT2D eigenvalue weighted by atomic mass is 10.1. The molecule has 2 N–H and O–H groups in total. The van der Waals surface area contributed by atoms with Crippen molar-refractivity contribution in [1.29, 1.82) is 0 Å². The number of likely N-dealkylation sites (N-methyl/N-ethyl adjacent to an activating group) is 1. The number of nitrogens with two attached hydrogens (primary N) is 1. The second-order valence-electron chi connectivity index (χ2n) is 4.94. The van der Waals surface area contributed by atoms with Gasteiger partial charge in [0, 0.05) is 25.7 Å². The molecule has 1 saturated heterocycles. The molecule has 1 atom stereocenters. The van der Waals surface area contributed by atoms with Gasteiger partial charge in [-0.1, -0.05) is 0 Å². The summed E-state index contributed by atoms with van der Waals surface area (Å²) in [5.74, 6) is 0.252. The molecule has 0 aliphatic carbocycles. The zero-order chi connectivity index (χ0) is 14.0. The first-order valence-corrected chi connectivity index (χ1v) is 6.32. The zero-order valence-corrected chi connectivity index (χ0v) is 11.6. The first kappa shape index (κ1) is 13.6. The molecule has 1 fully saturated rings. The van der Waals surface area contributed by atoms with Gasteiger partial charge in [-0.25, -0.2) is 9.78 Å². The highest BCUT2D eigenvalue weighted by Gasteiger charge is 2.26. The molecule has 1 unspecified atom stereocenters. The molecule has 1 aromatic rings. The summed E-state index contributed by atoms with van der Waals surface area (Å²) in [5, 5.41) is 0. The second kappa shape index (κ2) is 5.44. The Morgan fingerprint density at radius 1 is 1.53 bits per heavy atom. The number of anilines is 2. The average molecular weight is 264 g/mol. The second-order valence-corrected chi connectivity index (χ2v) is 4.94. The number of nitrogens with zero attached hydrogens (tertiary/aromatic N) is 3. The highest BCUT2D eigenvalue weighted by molar-refractivity contribution is 5.95. The van der Waals surface area contributed by atoms with Crippen LogP contribution in [-0.2, 0) is 4.74 Å². The minimum atomic E-state index is -0.402. The highest BCUT2D eigenvalue weighted by Crippen LogP contribution is 2.24. The van der Waals surface area contributed by atoms with Crippen LogP contribution in [0.15, 0.2) is 12.3 Å². The summed E-state index contributed by atoms with van der Waals surface area (Å²) in [4.78, 5) is 20.6. The maximum atomic E-state index is 11.8. The fourth-order valence-electron chi connectivity index (χ4n) is 2.42. The predicted octanol–water partition coefficient (Wildman–Crippen LogP) is 0.591.